The molecule has 2 aromatic carbocycles. The van der Waals surface area contributed by atoms with E-state index in [-0.39, 0.29) is 4.90 Å². The van der Waals surface area contributed by atoms with Crippen molar-refractivity contribution in [2.45, 2.75) is 4.90 Å². The van der Waals surface area contributed by atoms with Gasteiger partial charge in [-0.05, 0) is 29.3 Å². The molecule has 0 unspecified atom stereocenters. The molecule has 0 radical (unpaired) electrons. The number of H-pyrrole nitrogens is 1. The van der Waals surface area contributed by atoms with Gasteiger partial charge in [0, 0.05) is 52.5 Å². The predicted octanol–water partition coefficient (Wildman–Crippen LogP) is 2.25. The minimum atomic E-state index is -3.62. The lowest BCUT2D eigenvalue weighted by atomic mass is 10.1. The quantitative estimate of drug-likeness (QED) is 0.421. The molecular weight excluding hydrogens is 490 g/mol. The fourth-order valence-electron chi connectivity index (χ4n) is 4.62. The highest BCUT2D eigenvalue weighted by molar-refractivity contribution is 7.89. The molecule has 4 aromatic rings. The molecule has 0 aliphatic carbocycles. The molecule has 192 valence electrons. The molecule has 1 saturated heterocycles. The van der Waals surface area contributed by atoms with E-state index in [1.165, 1.54) is 15.9 Å². The number of aromatic amines is 1. The summed E-state index contributed by atoms with van der Waals surface area (Å²) in [5.74, 6) is 0. The standard InChI is InChI=1S/C27H29N5O4S/c1-29-24-19-23(28-25(24)26(33)30(2)27(29)34)21-10-12-22(13-11-21)37(35,36)32-17-15-31(16-18-32)14-6-9-20-7-4-3-5-8-20/h3-13,19,28H,14-18H2,1-2H3. The van der Waals surface area contributed by atoms with Gasteiger partial charge in [-0.2, -0.15) is 4.31 Å². The molecule has 1 fully saturated rings. The topological polar surface area (TPSA) is 100 Å². The van der Waals surface area contributed by atoms with E-state index in [0.29, 0.717) is 42.9 Å². The SMILES string of the molecule is Cn1c(=O)c2[nH]c(-c3ccc(S(=O)(=O)N4CCN(CC=Cc5ccccc5)CC4)cc3)cc2n(C)c1=O. The first-order valence-electron chi connectivity index (χ1n) is 12.1. The van der Waals surface area contributed by atoms with Crippen molar-refractivity contribution in [1.29, 1.82) is 0 Å². The Labute approximate surface area is 214 Å². The maximum absolute atomic E-state index is 13.2. The number of hydrogen-bond donors (Lipinski definition) is 1. The fourth-order valence-corrected chi connectivity index (χ4v) is 6.04. The molecule has 10 heteroatoms. The van der Waals surface area contributed by atoms with Gasteiger partial charge >= 0.3 is 5.69 Å². The zero-order chi connectivity index (χ0) is 26.2. The van der Waals surface area contributed by atoms with Crippen molar-refractivity contribution in [3.8, 4) is 11.3 Å². The molecule has 0 bridgehead atoms. The lowest BCUT2D eigenvalue weighted by molar-refractivity contribution is 0.204. The Hall–Kier alpha value is -3.73. The number of aromatic nitrogens is 3. The maximum atomic E-state index is 13.2. The number of fused-ring (bicyclic) bond motifs is 1. The van der Waals surface area contributed by atoms with Crippen LogP contribution in [0.5, 0.6) is 0 Å². The number of aryl methyl sites for hydroxylation is 1. The summed E-state index contributed by atoms with van der Waals surface area (Å²) in [5, 5.41) is 0. The van der Waals surface area contributed by atoms with E-state index in [1.807, 2.05) is 30.3 Å². The predicted molar refractivity (Wildman–Crippen MR) is 145 cm³/mol. The fraction of sp³-hybridized carbons (Fsp3) is 0.259. The van der Waals surface area contributed by atoms with Gasteiger partial charge in [-0.15, -0.1) is 0 Å². The Morgan fingerprint density at radius 1 is 0.892 bits per heavy atom. The van der Waals surface area contributed by atoms with Crippen molar-refractivity contribution in [3.05, 3.63) is 93.1 Å². The van der Waals surface area contributed by atoms with Crippen molar-refractivity contribution >= 4 is 27.1 Å². The van der Waals surface area contributed by atoms with Crippen molar-refractivity contribution in [2.24, 2.45) is 14.1 Å². The summed E-state index contributed by atoms with van der Waals surface area (Å²) < 4.78 is 30.5. The van der Waals surface area contributed by atoms with Gasteiger partial charge in [-0.25, -0.2) is 13.2 Å². The van der Waals surface area contributed by atoms with Gasteiger partial charge in [-0.3, -0.25) is 18.8 Å². The zero-order valence-electron chi connectivity index (χ0n) is 20.8. The summed E-state index contributed by atoms with van der Waals surface area (Å²) >= 11 is 0. The van der Waals surface area contributed by atoms with Crippen LogP contribution in [0.2, 0.25) is 0 Å². The van der Waals surface area contributed by atoms with Crippen LogP contribution in [0.1, 0.15) is 5.56 Å². The van der Waals surface area contributed by atoms with Crippen LogP contribution in [0.4, 0.5) is 0 Å². The van der Waals surface area contributed by atoms with Crippen LogP contribution in [-0.2, 0) is 24.1 Å². The Balaban J connectivity index is 1.27. The number of nitrogens with one attached hydrogen (secondary N) is 1. The van der Waals surface area contributed by atoms with Gasteiger partial charge in [0.25, 0.3) is 5.56 Å². The summed E-state index contributed by atoms with van der Waals surface area (Å²) in [7, 11) is -0.574. The van der Waals surface area contributed by atoms with E-state index >= 15 is 0 Å². The summed E-state index contributed by atoms with van der Waals surface area (Å²) in [6.45, 7) is 2.97. The Kier molecular flexibility index (Phi) is 6.72. The number of benzene rings is 2. The largest absolute Gasteiger partial charge is 0.349 e. The van der Waals surface area contributed by atoms with Crippen LogP contribution in [0.25, 0.3) is 28.4 Å². The molecule has 1 N–H and O–H groups in total. The monoisotopic (exact) mass is 519 g/mol. The van der Waals surface area contributed by atoms with E-state index in [2.05, 4.69) is 22.0 Å². The second-order valence-electron chi connectivity index (χ2n) is 9.19. The van der Waals surface area contributed by atoms with Crippen LogP contribution in [0, 0.1) is 0 Å². The molecule has 2 aromatic heterocycles. The average molecular weight is 520 g/mol. The van der Waals surface area contributed by atoms with Crippen molar-refractivity contribution in [1.82, 2.24) is 23.3 Å². The highest BCUT2D eigenvalue weighted by atomic mass is 32.2. The number of hydrogen-bond acceptors (Lipinski definition) is 5. The van der Waals surface area contributed by atoms with Gasteiger partial charge in [0.1, 0.15) is 5.52 Å². The second kappa shape index (κ2) is 9.97. The Bertz CT molecular complexity index is 1680. The van der Waals surface area contributed by atoms with Crippen molar-refractivity contribution in [2.75, 3.05) is 32.7 Å². The summed E-state index contributed by atoms with van der Waals surface area (Å²) in [6.07, 6.45) is 4.19. The first kappa shape index (κ1) is 24.9. The minimum Gasteiger partial charge on any atom is -0.349 e. The Morgan fingerprint density at radius 3 is 2.24 bits per heavy atom. The smallest absolute Gasteiger partial charge is 0.331 e. The lowest BCUT2D eigenvalue weighted by Gasteiger charge is -2.33. The van der Waals surface area contributed by atoms with E-state index < -0.39 is 21.3 Å². The number of piperazine rings is 1. The number of nitrogens with zero attached hydrogens (tertiary/aromatic N) is 4. The van der Waals surface area contributed by atoms with Crippen LogP contribution < -0.4 is 11.2 Å². The van der Waals surface area contributed by atoms with Gasteiger partial charge in [0.2, 0.25) is 10.0 Å². The molecule has 3 heterocycles. The van der Waals surface area contributed by atoms with E-state index in [1.54, 1.807) is 37.4 Å². The summed E-state index contributed by atoms with van der Waals surface area (Å²) in [4.78, 5) is 30.2. The molecule has 0 spiro atoms. The first-order valence-corrected chi connectivity index (χ1v) is 13.5. The van der Waals surface area contributed by atoms with Gasteiger partial charge in [0.15, 0.2) is 0 Å². The zero-order valence-corrected chi connectivity index (χ0v) is 21.6. The summed E-state index contributed by atoms with van der Waals surface area (Å²) in [5.41, 5.74) is 2.51. The highest BCUT2D eigenvalue weighted by Gasteiger charge is 2.28. The van der Waals surface area contributed by atoms with Gasteiger partial charge in [0.05, 0.1) is 10.4 Å². The molecule has 0 amide bonds. The van der Waals surface area contributed by atoms with Gasteiger partial charge < -0.3 is 4.98 Å². The Morgan fingerprint density at radius 2 is 1.57 bits per heavy atom. The first-order chi connectivity index (χ1) is 17.8. The van der Waals surface area contributed by atoms with E-state index in [4.69, 9.17) is 0 Å². The van der Waals surface area contributed by atoms with Crippen LogP contribution in [-0.4, -0.2) is 64.5 Å². The maximum Gasteiger partial charge on any atom is 0.331 e. The van der Waals surface area contributed by atoms with Crippen LogP contribution >= 0.6 is 0 Å². The molecule has 9 nitrogen and oxygen atoms in total. The van der Waals surface area contributed by atoms with Crippen LogP contribution in [0.3, 0.4) is 0 Å². The van der Waals surface area contributed by atoms with Crippen LogP contribution in [0.15, 0.2) is 81.2 Å². The third-order valence-electron chi connectivity index (χ3n) is 6.86. The molecule has 0 saturated carbocycles. The molecule has 37 heavy (non-hydrogen) atoms. The molecule has 5 rings (SSSR count). The van der Waals surface area contributed by atoms with E-state index in [0.717, 1.165) is 22.2 Å². The lowest BCUT2D eigenvalue weighted by Crippen LogP contribution is -2.48. The molecule has 0 atom stereocenters. The number of rotatable bonds is 6. The highest BCUT2D eigenvalue weighted by Crippen LogP contribution is 2.25. The average Bonchev–Trinajstić information content (AvgIpc) is 3.38. The second-order valence-corrected chi connectivity index (χ2v) is 11.1. The molecule has 1 aliphatic rings. The molecular formula is C27H29N5O4S. The summed E-state index contributed by atoms with van der Waals surface area (Å²) in [6, 6.07) is 18.4. The third-order valence-corrected chi connectivity index (χ3v) is 8.77. The third kappa shape index (κ3) is 4.83. The normalized spacial score (nSPS) is 15.6. The minimum absolute atomic E-state index is 0.230. The number of sulfonamides is 1. The van der Waals surface area contributed by atoms with Crippen molar-refractivity contribution in [3.63, 3.8) is 0 Å². The van der Waals surface area contributed by atoms with E-state index in [9.17, 15) is 18.0 Å². The van der Waals surface area contributed by atoms with Crippen molar-refractivity contribution < 1.29 is 8.42 Å². The van der Waals surface area contributed by atoms with Gasteiger partial charge in [-0.1, -0.05) is 54.6 Å². The molecule has 1 aliphatic heterocycles.